The lowest BCUT2D eigenvalue weighted by Crippen LogP contribution is -2.17. The van der Waals surface area contributed by atoms with Crippen LogP contribution in [-0.2, 0) is 28.5 Å². The van der Waals surface area contributed by atoms with E-state index >= 15 is 0 Å². The molecular weight excluding hydrogens is 252 g/mol. The molecule has 0 rings (SSSR count). The summed E-state index contributed by atoms with van der Waals surface area (Å²) in [5.74, 6) is -0.529. The lowest BCUT2D eigenvalue weighted by atomic mass is 10.4. The highest BCUT2D eigenvalue weighted by molar-refractivity contribution is 5.66. The second-order valence-corrected chi connectivity index (χ2v) is 3.72. The first-order valence-electron chi connectivity index (χ1n) is 5.65. The molecular formula is C13H28O6. The molecule has 6 nitrogen and oxygen atoms in total. The third kappa shape index (κ3) is 22.5. The molecule has 0 saturated carbocycles. The average Bonchev–Trinajstić information content (AvgIpc) is 2.26. The number of ether oxygens (including phenoxy) is 4. The number of hydrogen-bond donors (Lipinski definition) is 0. The summed E-state index contributed by atoms with van der Waals surface area (Å²) in [6.07, 6.45) is -0.138. The molecule has 0 fully saturated rings. The van der Waals surface area contributed by atoms with E-state index in [1.165, 1.54) is 13.8 Å². The number of hydrogen-bond acceptors (Lipinski definition) is 6. The highest BCUT2D eigenvalue weighted by atomic mass is 16.6. The van der Waals surface area contributed by atoms with Crippen LogP contribution in [-0.4, -0.2) is 51.6 Å². The predicted octanol–water partition coefficient (Wildman–Crippen LogP) is 1.80. The number of methoxy groups -OCH3 is 2. The Labute approximate surface area is 116 Å². The largest absolute Gasteiger partial charge is 0.463 e. The van der Waals surface area contributed by atoms with Crippen molar-refractivity contribution in [2.24, 2.45) is 0 Å². The summed E-state index contributed by atoms with van der Waals surface area (Å²) in [6, 6.07) is 0. The van der Waals surface area contributed by atoms with Gasteiger partial charge in [-0.2, -0.15) is 0 Å². The molecule has 19 heavy (non-hydrogen) atoms. The zero-order valence-electron chi connectivity index (χ0n) is 12.0. The molecule has 0 aromatic carbocycles. The van der Waals surface area contributed by atoms with Gasteiger partial charge in [0.05, 0.1) is 12.7 Å². The van der Waals surface area contributed by atoms with Crippen molar-refractivity contribution in [2.45, 2.75) is 47.3 Å². The highest BCUT2D eigenvalue weighted by Crippen LogP contribution is 1.90. The van der Waals surface area contributed by atoms with Gasteiger partial charge in [0.2, 0.25) is 0 Å². The molecule has 0 radical (unpaired) electrons. The van der Waals surface area contributed by atoms with Crippen molar-refractivity contribution in [2.75, 3.05) is 27.4 Å². The number of esters is 2. The molecule has 0 bridgehead atoms. The highest BCUT2D eigenvalue weighted by Gasteiger charge is 2.02. The van der Waals surface area contributed by atoms with Crippen molar-refractivity contribution in [3.05, 3.63) is 0 Å². The first-order valence-corrected chi connectivity index (χ1v) is 5.65. The predicted molar refractivity (Wildman–Crippen MR) is 72.9 cm³/mol. The van der Waals surface area contributed by atoms with Crippen LogP contribution in [0.3, 0.4) is 0 Å². The van der Waals surface area contributed by atoms with Gasteiger partial charge in [0.25, 0.3) is 0 Å². The molecule has 116 valence electrons. The minimum absolute atomic E-state index is 0. The minimum Gasteiger partial charge on any atom is -0.463 e. The summed E-state index contributed by atoms with van der Waals surface area (Å²) in [6.45, 7) is 7.17. The summed E-state index contributed by atoms with van der Waals surface area (Å²) in [7, 11) is 3.15. The van der Waals surface area contributed by atoms with Crippen LogP contribution in [0.25, 0.3) is 0 Å². The van der Waals surface area contributed by atoms with Gasteiger partial charge in [-0.15, -0.1) is 0 Å². The molecule has 0 N–H and O–H groups in total. The van der Waals surface area contributed by atoms with Crippen molar-refractivity contribution < 1.29 is 28.5 Å². The number of rotatable bonds is 6. The van der Waals surface area contributed by atoms with E-state index in [2.05, 4.69) is 4.74 Å². The molecule has 0 heterocycles. The Bertz CT molecular complexity index is 229. The van der Waals surface area contributed by atoms with Gasteiger partial charge < -0.3 is 18.9 Å². The summed E-state index contributed by atoms with van der Waals surface area (Å²) >= 11 is 0. The number of carbonyl (C=O) groups is 2. The Hall–Kier alpha value is -1.14. The molecule has 2 unspecified atom stereocenters. The molecule has 0 aromatic rings. The first-order chi connectivity index (χ1) is 8.33. The molecule has 0 aliphatic carbocycles. The molecule has 0 aliphatic rings. The molecule has 6 heteroatoms. The van der Waals surface area contributed by atoms with E-state index in [1.807, 2.05) is 6.92 Å². The van der Waals surface area contributed by atoms with E-state index in [0.29, 0.717) is 13.2 Å². The second-order valence-electron chi connectivity index (χ2n) is 3.72. The molecule has 0 aromatic heterocycles. The van der Waals surface area contributed by atoms with Crippen LogP contribution in [0.4, 0.5) is 0 Å². The average molecular weight is 280 g/mol. The van der Waals surface area contributed by atoms with Crippen molar-refractivity contribution in [3.8, 4) is 0 Å². The van der Waals surface area contributed by atoms with E-state index in [9.17, 15) is 9.59 Å². The lowest BCUT2D eigenvalue weighted by molar-refractivity contribution is -0.147. The molecule has 0 amide bonds. The van der Waals surface area contributed by atoms with E-state index in [0.717, 1.165) is 0 Å². The Morgan fingerprint density at radius 2 is 1.47 bits per heavy atom. The summed E-state index contributed by atoms with van der Waals surface area (Å²) in [5, 5.41) is 0. The van der Waals surface area contributed by atoms with Crippen LogP contribution >= 0.6 is 0 Å². The third-order valence-electron chi connectivity index (χ3n) is 1.69. The Kier molecular flexibility index (Phi) is 18.1. The van der Waals surface area contributed by atoms with E-state index < -0.39 is 0 Å². The van der Waals surface area contributed by atoms with Crippen molar-refractivity contribution in [3.63, 3.8) is 0 Å². The smallest absolute Gasteiger partial charge is 0.302 e. The van der Waals surface area contributed by atoms with Crippen LogP contribution in [0.5, 0.6) is 0 Å². The van der Waals surface area contributed by atoms with Gasteiger partial charge in [-0.1, -0.05) is 7.43 Å². The Morgan fingerprint density at radius 1 is 0.947 bits per heavy atom. The third-order valence-corrected chi connectivity index (χ3v) is 1.69. The van der Waals surface area contributed by atoms with Gasteiger partial charge in [-0.05, 0) is 13.8 Å². The van der Waals surface area contributed by atoms with Crippen LogP contribution in [0, 0.1) is 0 Å². The van der Waals surface area contributed by atoms with Crippen LogP contribution in [0.2, 0.25) is 0 Å². The van der Waals surface area contributed by atoms with Crippen molar-refractivity contribution in [1.82, 2.24) is 0 Å². The monoisotopic (exact) mass is 280 g/mol. The van der Waals surface area contributed by atoms with Gasteiger partial charge in [-0.3, -0.25) is 9.59 Å². The van der Waals surface area contributed by atoms with E-state index in [1.54, 1.807) is 21.1 Å². The summed E-state index contributed by atoms with van der Waals surface area (Å²) in [5.41, 5.74) is 0. The molecule has 0 saturated heterocycles. The fraction of sp³-hybridized carbons (Fsp3) is 0.846. The zero-order valence-corrected chi connectivity index (χ0v) is 12.0. The standard InChI is InChI=1S/2C6H12O3.CH4/c1-5(8-3)4-9-6(2)7;1-5(4-8-3)9-6(2)7;/h2*5H,4H2,1-3H3;1H4. The van der Waals surface area contributed by atoms with Gasteiger partial charge in [0.1, 0.15) is 12.7 Å². The number of carbonyl (C=O) groups excluding carboxylic acids is 2. The van der Waals surface area contributed by atoms with E-state index in [-0.39, 0.29) is 31.6 Å². The van der Waals surface area contributed by atoms with E-state index in [4.69, 9.17) is 14.2 Å². The molecule has 2 atom stereocenters. The van der Waals surface area contributed by atoms with Crippen LogP contribution < -0.4 is 0 Å². The normalized spacial score (nSPS) is 12.1. The maximum Gasteiger partial charge on any atom is 0.302 e. The minimum atomic E-state index is -0.265. The Morgan fingerprint density at radius 3 is 1.79 bits per heavy atom. The molecule has 0 spiro atoms. The fourth-order valence-electron chi connectivity index (χ4n) is 0.855. The Balaban J connectivity index is -0.000000256. The molecule has 0 aliphatic heterocycles. The van der Waals surface area contributed by atoms with Gasteiger partial charge in [0.15, 0.2) is 0 Å². The van der Waals surface area contributed by atoms with Gasteiger partial charge in [-0.25, -0.2) is 0 Å². The van der Waals surface area contributed by atoms with Crippen molar-refractivity contribution >= 4 is 11.9 Å². The van der Waals surface area contributed by atoms with Gasteiger partial charge >= 0.3 is 11.9 Å². The quantitative estimate of drug-likeness (QED) is 0.691. The maximum absolute atomic E-state index is 10.3. The van der Waals surface area contributed by atoms with Gasteiger partial charge in [0, 0.05) is 28.1 Å². The SMILES string of the molecule is C.COC(C)COC(C)=O.COCC(C)OC(C)=O. The topological polar surface area (TPSA) is 71.1 Å². The summed E-state index contributed by atoms with van der Waals surface area (Å²) < 4.78 is 18.9. The van der Waals surface area contributed by atoms with Crippen molar-refractivity contribution in [1.29, 1.82) is 0 Å². The lowest BCUT2D eigenvalue weighted by Gasteiger charge is -2.08. The van der Waals surface area contributed by atoms with Crippen LogP contribution in [0.1, 0.15) is 35.1 Å². The van der Waals surface area contributed by atoms with Crippen LogP contribution in [0.15, 0.2) is 0 Å². The maximum atomic E-state index is 10.3. The summed E-state index contributed by atoms with van der Waals surface area (Å²) in [4.78, 5) is 20.4. The fourth-order valence-corrected chi connectivity index (χ4v) is 0.855. The second kappa shape index (κ2) is 14.9. The zero-order chi connectivity index (χ0) is 14.6. The first kappa shape index (κ1) is 23.0.